The van der Waals surface area contributed by atoms with E-state index in [9.17, 15) is 13.2 Å². The van der Waals surface area contributed by atoms with Crippen molar-refractivity contribution in [2.45, 2.75) is 18.9 Å². The molecule has 7 nitrogen and oxygen atoms in total. The molecule has 4 rings (SSSR count). The first kappa shape index (κ1) is 22.4. The number of para-hydroxylation sites is 1. The largest absolute Gasteiger partial charge is 0.339 e. The smallest absolute Gasteiger partial charge is 0.246 e. The number of benzene rings is 1. The Kier molecular flexibility index (Phi) is 6.59. The molecule has 0 saturated carbocycles. The minimum atomic E-state index is -3.23. The molecular formula is C23H26N4O3S2. The monoisotopic (exact) mass is 470 g/mol. The summed E-state index contributed by atoms with van der Waals surface area (Å²) < 4.78 is 26.8. The van der Waals surface area contributed by atoms with Crippen molar-refractivity contribution >= 4 is 33.3 Å². The molecule has 32 heavy (non-hydrogen) atoms. The van der Waals surface area contributed by atoms with Crippen molar-refractivity contribution in [1.82, 2.24) is 19.0 Å². The number of carbonyl (C=O) groups excluding carboxylic acids is 1. The van der Waals surface area contributed by atoms with Gasteiger partial charge in [-0.3, -0.25) is 4.79 Å². The average molecular weight is 471 g/mol. The maximum Gasteiger partial charge on any atom is 0.246 e. The first-order valence-corrected chi connectivity index (χ1v) is 13.1. The summed E-state index contributed by atoms with van der Waals surface area (Å²) in [4.78, 5) is 15.6. The molecule has 0 radical (unpaired) electrons. The summed E-state index contributed by atoms with van der Waals surface area (Å²) in [6, 6.07) is 13.8. The first-order valence-electron chi connectivity index (χ1n) is 10.4. The van der Waals surface area contributed by atoms with Crippen molar-refractivity contribution in [3.63, 3.8) is 0 Å². The molecule has 0 atom stereocenters. The van der Waals surface area contributed by atoms with Crippen molar-refractivity contribution in [1.29, 1.82) is 0 Å². The Hall–Kier alpha value is -2.75. The second kappa shape index (κ2) is 9.40. The van der Waals surface area contributed by atoms with Gasteiger partial charge in [0.1, 0.15) is 5.69 Å². The Labute approximate surface area is 192 Å². The van der Waals surface area contributed by atoms with Gasteiger partial charge in [-0.25, -0.2) is 17.4 Å². The highest BCUT2D eigenvalue weighted by Crippen LogP contribution is 2.28. The van der Waals surface area contributed by atoms with Crippen LogP contribution in [-0.4, -0.2) is 65.7 Å². The molecule has 1 fully saturated rings. The van der Waals surface area contributed by atoms with E-state index >= 15 is 0 Å². The second-order valence-corrected chi connectivity index (χ2v) is 10.8. The lowest BCUT2D eigenvalue weighted by atomic mass is 10.1. The number of nitrogens with zero attached hydrogens (tertiary/aromatic N) is 4. The van der Waals surface area contributed by atoms with Crippen LogP contribution in [0.1, 0.15) is 18.4 Å². The lowest BCUT2D eigenvalue weighted by Crippen LogP contribution is -2.46. The maximum atomic E-state index is 12.8. The third-order valence-corrected chi connectivity index (χ3v) is 7.96. The molecule has 0 N–H and O–H groups in total. The van der Waals surface area contributed by atoms with Crippen LogP contribution in [0.15, 0.2) is 60.1 Å². The number of hydrogen-bond acceptors (Lipinski definition) is 5. The Morgan fingerprint density at radius 1 is 1.16 bits per heavy atom. The molecule has 3 aromatic rings. The molecule has 0 bridgehead atoms. The molecule has 1 aromatic carbocycles. The Morgan fingerprint density at radius 3 is 2.50 bits per heavy atom. The molecule has 2 aromatic heterocycles. The van der Waals surface area contributed by atoms with Gasteiger partial charge in [0.15, 0.2) is 0 Å². The highest BCUT2D eigenvalue weighted by molar-refractivity contribution is 7.88. The van der Waals surface area contributed by atoms with Crippen LogP contribution in [0.3, 0.4) is 0 Å². The van der Waals surface area contributed by atoms with E-state index < -0.39 is 10.0 Å². The van der Waals surface area contributed by atoms with Gasteiger partial charge in [-0.05, 0) is 42.5 Å². The Morgan fingerprint density at radius 2 is 1.88 bits per heavy atom. The predicted molar refractivity (Wildman–Crippen MR) is 128 cm³/mol. The fraction of sp³-hybridized carbons (Fsp3) is 0.304. The van der Waals surface area contributed by atoms with Gasteiger partial charge in [0.2, 0.25) is 15.9 Å². The van der Waals surface area contributed by atoms with E-state index in [1.54, 1.807) is 29.4 Å². The van der Waals surface area contributed by atoms with E-state index in [4.69, 9.17) is 5.10 Å². The van der Waals surface area contributed by atoms with Crippen molar-refractivity contribution in [3.8, 4) is 16.3 Å². The summed E-state index contributed by atoms with van der Waals surface area (Å²) in [5.41, 5.74) is 2.66. The van der Waals surface area contributed by atoms with Gasteiger partial charge in [-0.2, -0.15) is 5.10 Å². The number of piperidine rings is 1. The summed E-state index contributed by atoms with van der Waals surface area (Å²) >= 11 is 1.61. The summed E-state index contributed by atoms with van der Waals surface area (Å²) in [5.74, 6) is -0.0740. The van der Waals surface area contributed by atoms with E-state index in [1.165, 1.54) is 10.6 Å². The molecule has 1 aliphatic rings. The summed E-state index contributed by atoms with van der Waals surface area (Å²) in [6.07, 6.45) is 7.82. The Balaban J connectivity index is 1.49. The Bertz CT molecular complexity index is 1190. The number of rotatable bonds is 6. The van der Waals surface area contributed by atoms with E-state index in [0.29, 0.717) is 25.9 Å². The topological polar surface area (TPSA) is 75.5 Å². The zero-order chi connectivity index (χ0) is 22.7. The molecule has 0 spiro atoms. The van der Waals surface area contributed by atoms with Crippen LogP contribution >= 0.6 is 11.3 Å². The summed E-state index contributed by atoms with van der Waals surface area (Å²) in [7, 11) is -1.62. The number of carbonyl (C=O) groups is 1. The average Bonchev–Trinajstić information content (AvgIpc) is 3.47. The van der Waals surface area contributed by atoms with Crippen molar-refractivity contribution in [2.75, 3.05) is 26.4 Å². The van der Waals surface area contributed by atoms with E-state index in [2.05, 4.69) is 0 Å². The van der Waals surface area contributed by atoms with Crippen LogP contribution in [0.2, 0.25) is 0 Å². The molecule has 0 unspecified atom stereocenters. The van der Waals surface area contributed by atoms with Gasteiger partial charge < -0.3 is 4.90 Å². The minimum Gasteiger partial charge on any atom is -0.339 e. The van der Waals surface area contributed by atoms with Gasteiger partial charge in [0.05, 0.1) is 16.8 Å². The van der Waals surface area contributed by atoms with E-state index in [1.807, 2.05) is 64.8 Å². The van der Waals surface area contributed by atoms with Crippen LogP contribution in [0, 0.1) is 0 Å². The van der Waals surface area contributed by atoms with Crippen molar-refractivity contribution < 1.29 is 13.2 Å². The highest BCUT2D eigenvalue weighted by Gasteiger charge is 2.28. The highest BCUT2D eigenvalue weighted by atomic mass is 32.2. The molecule has 168 valence electrons. The summed E-state index contributed by atoms with van der Waals surface area (Å²) in [6.45, 7) is 1.07. The zero-order valence-electron chi connectivity index (χ0n) is 18.1. The van der Waals surface area contributed by atoms with Crippen LogP contribution in [0.4, 0.5) is 0 Å². The lowest BCUT2D eigenvalue weighted by molar-refractivity contribution is -0.127. The predicted octanol–water partition coefficient (Wildman–Crippen LogP) is 3.50. The van der Waals surface area contributed by atoms with Crippen LogP contribution < -0.4 is 0 Å². The number of likely N-dealkylation sites (tertiary alicyclic amines) is 1. The van der Waals surface area contributed by atoms with Gasteiger partial charge in [0.25, 0.3) is 0 Å². The normalized spacial score (nSPS) is 15.7. The number of aromatic nitrogens is 2. The zero-order valence-corrected chi connectivity index (χ0v) is 19.7. The standard InChI is InChI=1S/C23H26N4O3S2/c1-25(32(2,29)30)19-12-14-26(15-13-19)22(28)11-10-18-17-27(20-7-4-3-5-8-20)24-23(18)21-9-6-16-31-21/h3-11,16-17,19H,12-15H2,1-2H3/b11-10+. The lowest BCUT2D eigenvalue weighted by Gasteiger charge is -2.35. The fourth-order valence-corrected chi connectivity index (χ4v) is 5.30. The quantitative estimate of drug-likeness (QED) is 0.517. The maximum absolute atomic E-state index is 12.8. The third-order valence-electron chi connectivity index (χ3n) is 5.74. The summed E-state index contributed by atoms with van der Waals surface area (Å²) in [5, 5.41) is 6.76. The third kappa shape index (κ3) is 5.01. The van der Waals surface area contributed by atoms with Crippen LogP contribution in [0.5, 0.6) is 0 Å². The number of thiophene rings is 1. The van der Waals surface area contributed by atoms with Crippen LogP contribution in [0.25, 0.3) is 22.3 Å². The minimum absolute atomic E-state index is 0.0624. The number of hydrogen-bond donors (Lipinski definition) is 0. The number of sulfonamides is 1. The van der Waals surface area contributed by atoms with E-state index in [0.717, 1.165) is 21.8 Å². The van der Waals surface area contributed by atoms with Gasteiger partial charge in [0, 0.05) is 44.0 Å². The van der Waals surface area contributed by atoms with Crippen molar-refractivity contribution in [2.24, 2.45) is 0 Å². The second-order valence-electron chi connectivity index (χ2n) is 7.86. The van der Waals surface area contributed by atoms with Gasteiger partial charge >= 0.3 is 0 Å². The molecule has 3 heterocycles. The van der Waals surface area contributed by atoms with Gasteiger partial charge in [-0.15, -0.1) is 11.3 Å². The van der Waals surface area contributed by atoms with E-state index in [-0.39, 0.29) is 11.9 Å². The van der Waals surface area contributed by atoms with Crippen molar-refractivity contribution in [3.05, 3.63) is 65.7 Å². The molecule has 9 heteroatoms. The van der Waals surface area contributed by atoms with Gasteiger partial charge in [-0.1, -0.05) is 24.3 Å². The fourth-order valence-electron chi connectivity index (χ4n) is 3.81. The molecule has 0 aliphatic carbocycles. The SMILES string of the molecule is CN(C1CCN(C(=O)/C=C/c2cn(-c3ccccc3)nc2-c2cccs2)CC1)S(C)(=O)=O. The molecule has 1 amide bonds. The number of amides is 1. The molecule has 1 saturated heterocycles. The molecule has 1 aliphatic heterocycles. The van der Waals surface area contributed by atoms with Crippen LogP contribution in [-0.2, 0) is 14.8 Å². The molecular weight excluding hydrogens is 444 g/mol. The first-order chi connectivity index (χ1) is 15.3.